The Bertz CT molecular complexity index is 1170. The first kappa shape index (κ1) is 28.4. The van der Waals surface area contributed by atoms with Crippen LogP contribution in [0.25, 0.3) is 0 Å². The molecule has 13 heteroatoms. The zero-order chi connectivity index (χ0) is 28.0. The number of methoxy groups -OCH3 is 1. The molecule has 4 rings (SSSR count). The molecule has 2 aromatic rings. The van der Waals surface area contributed by atoms with E-state index in [-0.39, 0.29) is 35.7 Å². The summed E-state index contributed by atoms with van der Waals surface area (Å²) in [5, 5.41) is 14.9. The molecular weight excluding hydrogens is 515 g/mol. The molecule has 5 N–H and O–H groups in total. The highest BCUT2D eigenvalue weighted by molar-refractivity contribution is 5.96. The van der Waals surface area contributed by atoms with Crippen molar-refractivity contribution in [2.24, 2.45) is 0 Å². The summed E-state index contributed by atoms with van der Waals surface area (Å²) in [5.74, 6) is -0.632. The highest BCUT2D eigenvalue weighted by Gasteiger charge is 2.37. The second-order valence-corrected chi connectivity index (χ2v) is 9.83. The van der Waals surface area contributed by atoms with Gasteiger partial charge >= 0.3 is 6.18 Å². The number of alkyl halides is 3. The van der Waals surface area contributed by atoms with Gasteiger partial charge in [0, 0.05) is 36.8 Å². The van der Waals surface area contributed by atoms with Crippen molar-refractivity contribution in [3.63, 3.8) is 0 Å². The average molecular weight is 550 g/mol. The van der Waals surface area contributed by atoms with Crippen molar-refractivity contribution in [2.75, 3.05) is 30.8 Å². The minimum absolute atomic E-state index is 0.0604. The molecule has 1 aliphatic carbocycles. The van der Waals surface area contributed by atoms with Gasteiger partial charge < -0.3 is 31.3 Å². The number of nitrogens with zero attached hydrogens (tertiary/aromatic N) is 2. The molecule has 2 fully saturated rings. The number of carbonyl (C=O) groups is 2. The number of hydrogen-bond acceptors (Lipinski definition) is 8. The molecule has 2 heterocycles. The predicted molar refractivity (Wildman–Crippen MR) is 140 cm³/mol. The van der Waals surface area contributed by atoms with E-state index in [2.05, 4.69) is 36.6 Å². The van der Waals surface area contributed by atoms with Crippen molar-refractivity contribution in [1.29, 1.82) is 0 Å². The molecule has 0 unspecified atom stereocenters. The van der Waals surface area contributed by atoms with Gasteiger partial charge in [-0.3, -0.25) is 9.59 Å². The van der Waals surface area contributed by atoms with Crippen molar-refractivity contribution < 1.29 is 27.5 Å². The van der Waals surface area contributed by atoms with Crippen LogP contribution in [0.1, 0.15) is 61.4 Å². The minimum atomic E-state index is -4.69. The number of halogens is 3. The Labute approximate surface area is 224 Å². The molecule has 0 bridgehead atoms. The van der Waals surface area contributed by atoms with Gasteiger partial charge in [-0.05, 0) is 57.0 Å². The summed E-state index contributed by atoms with van der Waals surface area (Å²) in [5.41, 5.74) is -0.320. The number of ether oxygens (including phenoxy) is 1. The first-order chi connectivity index (χ1) is 18.6. The van der Waals surface area contributed by atoms with Gasteiger partial charge in [-0.1, -0.05) is 12.8 Å². The smallest absolute Gasteiger partial charge is 0.421 e. The summed E-state index contributed by atoms with van der Waals surface area (Å²) in [6, 6.07) is 4.08. The Morgan fingerprint density at radius 2 is 1.77 bits per heavy atom. The van der Waals surface area contributed by atoms with Gasteiger partial charge in [0.15, 0.2) is 0 Å². The van der Waals surface area contributed by atoms with Gasteiger partial charge in [-0.25, -0.2) is 4.98 Å². The van der Waals surface area contributed by atoms with Crippen LogP contribution < -0.4 is 31.3 Å². The lowest BCUT2D eigenvalue weighted by Gasteiger charge is -2.33. The number of piperidine rings is 1. The second kappa shape index (κ2) is 12.5. The summed E-state index contributed by atoms with van der Waals surface area (Å²) < 4.78 is 46.9. The second-order valence-electron chi connectivity index (χ2n) is 9.83. The first-order valence-corrected chi connectivity index (χ1v) is 13.1. The zero-order valence-corrected chi connectivity index (χ0v) is 22.0. The lowest BCUT2D eigenvalue weighted by molar-refractivity contribution is -0.137. The first-order valence-electron chi connectivity index (χ1n) is 13.1. The maximum Gasteiger partial charge on any atom is 0.421 e. The molecule has 1 saturated heterocycles. The normalized spacial score (nSPS) is 20.1. The van der Waals surface area contributed by atoms with Gasteiger partial charge in [0.05, 0.1) is 12.8 Å². The third-order valence-corrected chi connectivity index (χ3v) is 6.95. The number of nitrogens with one attached hydrogen (secondary N) is 5. The summed E-state index contributed by atoms with van der Waals surface area (Å²) in [7, 11) is 1.45. The van der Waals surface area contributed by atoms with E-state index >= 15 is 0 Å². The lowest BCUT2D eigenvalue weighted by Crippen LogP contribution is -2.48. The molecule has 10 nitrogen and oxygen atoms in total. The molecule has 1 aliphatic heterocycles. The summed E-state index contributed by atoms with van der Waals surface area (Å²) in [4.78, 5) is 32.5. The van der Waals surface area contributed by atoms with E-state index in [9.17, 15) is 22.8 Å². The van der Waals surface area contributed by atoms with Crippen LogP contribution in [0.3, 0.4) is 0 Å². The Kier molecular flexibility index (Phi) is 9.10. The third kappa shape index (κ3) is 7.49. The molecular formula is C26H34F3N7O3. The Morgan fingerprint density at radius 3 is 2.44 bits per heavy atom. The van der Waals surface area contributed by atoms with Crippen LogP contribution in [0.2, 0.25) is 0 Å². The SMILES string of the molecule is COc1ccc(C(=O)NC2CCNCC2)cc1Nc1ncc(C(F)(F)F)c(N[C@@H]2CCCC[C@H]2NC(C)=O)n1. The monoisotopic (exact) mass is 549 g/mol. The Morgan fingerprint density at radius 1 is 1.05 bits per heavy atom. The summed E-state index contributed by atoms with van der Waals surface area (Å²) in [6.45, 7) is 3.04. The van der Waals surface area contributed by atoms with Gasteiger partial charge in [-0.2, -0.15) is 18.2 Å². The highest BCUT2D eigenvalue weighted by Crippen LogP contribution is 2.36. The number of hydrogen-bond donors (Lipinski definition) is 5. The average Bonchev–Trinajstić information content (AvgIpc) is 2.89. The van der Waals surface area contributed by atoms with E-state index in [1.54, 1.807) is 18.2 Å². The van der Waals surface area contributed by atoms with E-state index in [4.69, 9.17) is 4.74 Å². The molecule has 212 valence electrons. The Balaban J connectivity index is 1.58. The van der Waals surface area contributed by atoms with Crippen LogP contribution >= 0.6 is 0 Å². The minimum Gasteiger partial charge on any atom is -0.495 e. The van der Waals surface area contributed by atoms with Crippen LogP contribution in [0.5, 0.6) is 5.75 Å². The van der Waals surface area contributed by atoms with Crippen molar-refractivity contribution in [2.45, 2.75) is 69.8 Å². The van der Waals surface area contributed by atoms with E-state index in [1.165, 1.54) is 14.0 Å². The standard InChI is InChI=1S/C26H34F3N7O3/c1-15(37)32-19-5-3-4-6-20(19)34-23-18(26(27,28)29)14-31-25(36-23)35-21-13-16(7-8-22(21)39-2)24(38)33-17-9-11-30-12-10-17/h7-8,13-14,17,19-20,30H,3-6,9-12H2,1-2H3,(H,32,37)(H,33,38)(H2,31,34,35,36)/t19-,20-/m1/s1. The van der Waals surface area contributed by atoms with Crippen LogP contribution in [0.15, 0.2) is 24.4 Å². The molecule has 1 saturated carbocycles. The Hall–Kier alpha value is -3.61. The number of amides is 2. The van der Waals surface area contributed by atoms with Crippen molar-refractivity contribution in [3.05, 3.63) is 35.5 Å². The largest absolute Gasteiger partial charge is 0.495 e. The van der Waals surface area contributed by atoms with Crippen molar-refractivity contribution in [1.82, 2.24) is 25.9 Å². The number of aromatic nitrogens is 2. The van der Waals surface area contributed by atoms with Crippen LogP contribution in [0.4, 0.5) is 30.6 Å². The molecule has 2 amide bonds. The predicted octanol–water partition coefficient (Wildman–Crippen LogP) is 3.59. The maximum absolute atomic E-state index is 13.8. The van der Waals surface area contributed by atoms with E-state index < -0.39 is 17.8 Å². The summed E-state index contributed by atoms with van der Waals surface area (Å²) >= 11 is 0. The topological polar surface area (TPSA) is 129 Å². The van der Waals surface area contributed by atoms with Crippen molar-refractivity contribution in [3.8, 4) is 5.75 Å². The lowest BCUT2D eigenvalue weighted by atomic mass is 9.90. The number of carbonyl (C=O) groups excluding carboxylic acids is 2. The number of anilines is 3. The molecule has 1 aromatic carbocycles. The zero-order valence-electron chi connectivity index (χ0n) is 22.0. The quantitative estimate of drug-likeness (QED) is 0.338. The number of benzene rings is 1. The van der Waals surface area contributed by atoms with E-state index in [0.29, 0.717) is 36.0 Å². The fraction of sp³-hybridized carbons (Fsp3) is 0.538. The van der Waals surface area contributed by atoms with E-state index in [0.717, 1.165) is 38.8 Å². The highest BCUT2D eigenvalue weighted by atomic mass is 19.4. The maximum atomic E-state index is 13.8. The molecule has 2 aliphatic rings. The fourth-order valence-electron chi connectivity index (χ4n) is 4.97. The summed E-state index contributed by atoms with van der Waals surface area (Å²) in [6.07, 6.45) is 0.590. The molecule has 0 radical (unpaired) electrons. The molecule has 39 heavy (non-hydrogen) atoms. The molecule has 2 atom stereocenters. The van der Waals surface area contributed by atoms with Gasteiger partial charge in [-0.15, -0.1) is 0 Å². The van der Waals surface area contributed by atoms with Gasteiger partial charge in [0.1, 0.15) is 17.1 Å². The van der Waals surface area contributed by atoms with Gasteiger partial charge in [0.2, 0.25) is 11.9 Å². The van der Waals surface area contributed by atoms with Crippen LogP contribution in [-0.4, -0.2) is 60.1 Å². The fourth-order valence-corrected chi connectivity index (χ4v) is 4.97. The molecule has 0 spiro atoms. The van der Waals surface area contributed by atoms with Crippen LogP contribution in [-0.2, 0) is 11.0 Å². The molecule has 1 aromatic heterocycles. The number of rotatable bonds is 8. The third-order valence-electron chi connectivity index (χ3n) is 6.95. The van der Waals surface area contributed by atoms with Crippen molar-refractivity contribution >= 4 is 29.3 Å². The van der Waals surface area contributed by atoms with E-state index in [1.807, 2.05) is 0 Å². The van der Waals surface area contributed by atoms with Gasteiger partial charge in [0.25, 0.3) is 5.91 Å². The van der Waals surface area contributed by atoms with Crippen LogP contribution in [0, 0.1) is 0 Å².